The molecule has 2 atom stereocenters. The topological polar surface area (TPSA) is 33.3 Å². The van der Waals surface area contributed by atoms with Crippen LogP contribution < -0.4 is 10.6 Å². The van der Waals surface area contributed by atoms with Crippen molar-refractivity contribution in [3.63, 3.8) is 0 Å². The Hall–Kier alpha value is 0.230. The van der Waals surface area contributed by atoms with Crippen molar-refractivity contribution in [1.29, 1.82) is 0 Å². The Morgan fingerprint density at radius 3 is 2.89 bits per heavy atom. The van der Waals surface area contributed by atoms with Crippen LogP contribution in [0.15, 0.2) is 0 Å². The summed E-state index contributed by atoms with van der Waals surface area (Å²) >= 11 is 2.15. The molecule has 4 heteroatoms. The van der Waals surface area contributed by atoms with Crippen molar-refractivity contribution in [2.45, 2.75) is 44.0 Å². The van der Waals surface area contributed by atoms with Crippen LogP contribution in [0.2, 0.25) is 0 Å². The van der Waals surface area contributed by atoms with Crippen LogP contribution >= 0.6 is 11.8 Å². The van der Waals surface area contributed by atoms with Crippen molar-refractivity contribution in [3.8, 4) is 0 Å². The lowest BCUT2D eigenvalue weighted by atomic mass is 10.00. The van der Waals surface area contributed by atoms with Crippen molar-refractivity contribution in [1.82, 2.24) is 10.6 Å². The zero-order valence-corrected chi connectivity index (χ0v) is 12.4. The van der Waals surface area contributed by atoms with Gasteiger partial charge in [0, 0.05) is 30.7 Å². The van der Waals surface area contributed by atoms with Crippen LogP contribution in [0.3, 0.4) is 0 Å². The van der Waals surface area contributed by atoms with Crippen LogP contribution in [0.4, 0.5) is 0 Å². The number of rotatable bonds is 7. The highest BCUT2D eigenvalue weighted by Crippen LogP contribution is 2.23. The first-order chi connectivity index (χ1) is 8.90. The number of piperidine rings is 1. The fourth-order valence-electron chi connectivity index (χ4n) is 2.92. The zero-order valence-electron chi connectivity index (χ0n) is 11.6. The molecule has 18 heavy (non-hydrogen) atoms. The van der Waals surface area contributed by atoms with Gasteiger partial charge in [-0.3, -0.25) is 0 Å². The Labute approximate surface area is 116 Å². The fraction of sp³-hybridized carbons (Fsp3) is 1.00. The lowest BCUT2D eigenvalue weighted by Crippen LogP contribution is -2.31. The van der Waals surface area contributed by atoms with E-state index in [1.54, 1.807) is 0 Å². The smallest absolute Gasteiger partial charge is 0.0613 e. The Kier molecular flexibility index (Phi) is 6.84. The molecule has 0 aromatic rings. The van der Waals surface area contributed by atoms with Gasteiger partial charge in [-0.15, -0.1) is 0 Å². The normalized spacial score (nSPS) is 29.8. The molecule has 0 spiro atoms. The van der Waals surface area contributed by atoms with Crippen molar-refractivity contribution < 1.29 is 4.74 Å². The van der Waals surface area contributed by atoms with E-state index in [1.807, 2.05) is 0 Å². The molecule has 0 saturated carbocycles. The fourth-order valence-corrected chi connectivity index (χ4v) is 4.09. The second-order valence-electron chi connectivity index (χ2n) is 5.39. The molecular weight excluding hydrogens is 244 g/mol. The first-order valence-corrected chi connectivity index (χ1v) is 8.59. The number of hydrogen-bond acceptors (Lipinski definition) is 4. The number of thioether (sulfide) groups is 1. The average molecular weight is 272 g/mol. The van der Waals surface area contributed by atoms with Gasteiger partial charge >= 0.3 is 0 Å². The third-order valence-electron chi connectivity index (χ3n) is 4.07. The van der Waals surface area contributed by atoms with Crippen molar-refractivity contribution in [2.75, 3.05) is 38.5 Å². The molecule has 2 aliphatic heterocycles. The van der Waals surface area contributed by atoms with Crippen molar-refractivity contribution in [2.24, 2.45) is 5.92 Å². The van der Waals surface area contributed by atoms with E-state index in [2.05, 4.69) is 29.3 Å². The summed E-state index contributed by atoms with van der Waals surface area (Å²) in [4.78, 5) is 0. The molecule has 0 radical (unpaired) electrons. The number of ether oxygens (including phenoxy) is 1. The van der Waals surface area contributed by atoms with Gasteiger partial charge in [0.2, 0.25) is 0 Å². The maximum Gasteiger partial charge on any atom is 0.0613 e. The van der Waals surface area contributed by atoms with Gasteiger partial charge in [-0.1, -0.05) is 6.92 Å². The first-order valence-electron chi connectivity index (χ1n) is 7.54. The molecule has 106 valence electrons. The van der Waals surface area contributed by atoms with Gasteiger partial charge in [-0.25, -0.2) is 0 Å². The van der Waals surface area contributed by atoms with Crippen LogP contribution in [-0.4, -0.2) is 49.9 Å². The van der Waals surface area contributed by atoms with Crippen LogP contribution in [-0.2, 0) is 4.74 Å². The Morgan fingerprint density at radius 2 is 2.11 bits per heavy atom. The molecule has 2 aliphatic rings. The Morgan fingerprint density at radius 1 is 1.28 bits per heavy atom. The lowest BCUT2D eigenvalue weighted by Gasteiger charge is -2.22. The predicted molar refractivity (Wildman–Crippen MR) is 79.4 cm³/mol. The van der Waals surface area contributed by atoms with Crippen molar-refractivity contribution >= 4 is 11.8 Å². The van der Waals surface area contributed by atoms with E-state index in [1.165, 1.54) is 38.1 Å². The summed E-state index contributed by atoms with van der Waals surface area (Å²) in [5, 5.41) is 7.93. The van der Waals surface area contributed by atoms with Crippen LogP contribution in [0.5, 0.6) is 0 Å². The van der Waals surface area contributed by atoms with E-state index in [-0.39, 0.29) is 0 Å². The van der Waals surface area contributed by atoms with Gasteiger partial charge in [0.05, 0.1) is 6.10 Å². The van der Waals surface area contributed by atoms with Gasteiger partial charge in [0.15, 0.2) is 0 Å². The molecule has 0 bridgehead atoms. The van der Waals surface area contributed by atoms with E-state index < -0.39 is 0 Å². The third kappa shape index (κ3) is 4.72. The van der Waals surface area contributed by atoms with Crippen LogP contribution in [0.25, 0.3) is 0 Å². The zero-order chi connectivity index (χ0) is 12.6. The molecule has 0 aromatic heterocycles. The Bertz CT molecular complexity index is 222. The summed E-state index contributed by atoms with van der Waals surface area (Å²) in [5.74, 6) is 2.01. The minimum absolute atomic E-state index is 0.509. The summed E-state index contributed by atoms with van der Waals surface area (Å²) < 4.78 is 5.71. The average Bonchev–Trinajstić information content (AvgIpc) is 2.87. The maximum absolute atomic E-state index is 5.71. The quantitative estimate of drug-likeness (QED) is 0.693. The number of hydrogen-bond donors (Lipinski definition) is 2. The largest absolute Gasteiger partial charge is 0.378 e. The third-order valence-corrected chi connectivity index (χ3v) is 5.46. The summed E-state index contributed by atoms with van der Waals surface area (Å²) in [7, 11) is 0. The first kappa shape index (κ1) is 14.6. The molecule has 0 aromatic carbocycles. The molecule has 2 fully saturated rings. The molecule has 2 rings (SSSR count). The van der Waals surface area contributed by atoms with Gasteiger partial charge in [0.25, 0.3) is 0 Å². The lowest BCUT2D eigenvalue weighted by molar-refractivity contribution is 0.0874. The summed E-state index contributed by atoms with van der Waals surface area (Å²) in [6.45, 7) is 7.92. The highest BCUT2D eigenvalue weighted by atomic mass is 32.2. The molecule has 2 unspecified atom stereocenters. The number of nitrogens with one attached hydrogen (secondary N) is 2. The van der Waals surface area contributed by atoms with E-state index in [0.29, 0.717) is 6.10 Å². The second kappa shape index (κ2) is 8.41. The summed E-state index contributed by atoms with van der Waals surface area (Å²) in [6, 6.07) is 0. The van der Waals surface area contributed by atoms with E-state index in [0.717, 1.165) is 37.3 Å². The van der Waals surface area contributed by atoms with E-state index >= 15 is 0 Å². The highest BCUT2D eigenvalue weighted by molar-refractivity contribution is 7.99. The van der Waals surface area contributed by atoms with Gasteiger partial charge in [-0.2, -0.15) is 11.8 Å². The minimum atomic E-state index is 0.509. The van der Waals surface area contributed by atoms with E-state index in [9.17, 15) is 0 Å². The maximum atomic E-state index is 5.71. The SMILES string of the molecule is CCC1OCCC1CNCCSC1CCNCC1. The Balaban J connectivity index is 1.48. The molecule has 2 heterocycles. The van der Waals surface area contributed by atoms with Gasteiger partial charge in [-0.05, 0) is 44.7 Å². The summed E-state index contributed by atoms with van der Waals surface area (Å²) in [5.41, 5.74) is 0. The molecule has 0 aliphatic carbocycles. The van der Waals surface area contributed by atoms with Crippen LogP contribution in [0, 0.1) is 5.92 Å². The highest BCUT2D eigenvalue weighted by Gasteiger charge is 2.25. The van der Waals surface area contributed by atoms with E-state index in [4.69, 9.17) is 4.74 Å². The van der Waals surface area contributed by atoms with Gasteiger partial charge in [0.1, 0.15) is 0 Å². The van der Waals surface area contributed by atoms with Crippen LogP contribution in [0.1, 0.15) is 32.6 Å². The van der Waals surface area contributed by atoms with Crippen molar-refractivity contribution in [3.05, 3.63) is 0 Å². The monoisotopic (exact) mass is 272 g/mol. The standard InChI is InChI=1S/C14H28N2OS/c1-2-14-12(5-9-17-14)11-16-8-10-18-13-3-6-15-7-4-13/h12-16H,2-11H2,1H3. The molecular formula is C14H28N2OS. The summed E-state index contributed by atoms with van der Waals surface area (Å²) in [6.07, 6.45) is 5.61. The second-order valence-corrected chi connectivity index (χ2v) is 6.80. The molecule has 0 amide bonds. The molecule has 2 N–H and O–H groups in total. The molecule has 3 nitrogen and oxygen atoms in total. The molecule has 2 saturated heterocycles. The predicted octanol–water partition coefficient (Wildman–Crippen LogP) is 1.88. The van der Waals surface area contributed by atoms with Gasteiger partial charge < -0.3 is 15.4 Å². The minimum Gasteiger partial charge on any atom is -0.378 e.